The van der Waals surface area contributed by atoms with E-state index in [4.69, 9.17) is 0 Å². The molecule has 1 saturated heterocycles. The highest BCUT2D eigenvalue weighted by molar-refractivity contribution is 7.99. The summed E-state index contributed by atoms with van der Waals surface area (Å²) in [5.41, 5.74) is 2.08. The summed E-state index contributed by atoms with van der Waals surface area (Å²) in [5, 5.41) is 7.41. The zero-order valence-corrected chi connectivity index (χ0v) is 15.0. The van der Waals surface area contributed by atoms with Crippen molar-refractivity contribution in [1.82, 2.24) is 20.0 Å². The fourth-order valence-corrected chi connectivity index (χ4v) is 3.94. The van der Waals surface area contributed by atoms with Gasteiger partial charge in [0, 0.05) is 30.7 Å². The van der Waals surface area contributed by atoms with Gasteiger partial charge in [-0.25, -0.2) is 9.48 Å². The third-order valence-corrected chi connectivity index (χ3v) is 5.42. The Morgan fingerprint density at radius 1 is 1.38 bits per heavy atom. The van der Waals surface area contributed by atoms with Crippen molar-refractivity contribution in [3.63, 3.8) is 0 Å². The molecular formula is C18H24N4OS. The highest BCUT2D eigenvalue weighted by Gasteiger charge is 2.23. The third-order valence-electron chi connectivity index (χ3n) is 4.43. The lowest BCUT2D eigenvalue weighted by molar-refractivity contribution is 0.180. The van der Waals surface area contributed by atoms with Crippen LogP contribution in [0.4, 0.5) is 4.79 Å². The lowest BCUT2D eigenvalue weighted by atomic mass is 10.1. The molecule has 2 aromatic rings. The maximum absolute atomic E-state index is 12.6. The highest BCUT2D eigenvalue weighted by atomic mass is 32.2. The Balaban J connectivity index is 1.69. The smallest absolute Gasteiger partial charge is 0.318 e. The van der Waals surface area contributed by atoms with Crippen molar-refractivity contribution in [1.29, 1.82) is 0 Å². The monoisotopic (exact) mass is 344 g/mol. The quantitative estimate of drug-likeness (QED) is 0.927. The minimum Gasteiger partial charge on any atom is -0.331 e. The van der Waals surface area contributed by atoms with Crippen LogP contribution in [-0.4, -0.2) is 44.8 Å². The summed E-state index contributed by atoms with van der Waals surface area (Å²) in [6.07, 6.45) is 4.73. The van der Waals surface area contributed by atoms with Crippen molar-refractivity contribution >= 4 is 17.8 Å². The van der Waals surface area contributed by atoms with E-state index in [9.17, 15) is 4.79 Å². The first-order valence-corrected chi connectivity index (χ1v) is 9.55. The molecule has 6 heteroatoms. The molecule has 1 aromatic carbocycles. The summed E-state index contributed by atoms with van der Waals surface area (Å²) in [6, 6.07) is 10.3. The Labute approximate surface area is 147 Å². The minimum atomic E-state index is -0.0453. The second kappa shape index (κ2) is 7.75. The molecule has 2 heterocycles. The molecule has 24 heavy (non-hydrogen) atoms. The first kappa shape index (κ1) is 16.9. The Morgan fingerprint density at radius 3 is 3.04 bits per heavy atom. The fraction of sp³-hybridized carbons (Fsp3) is 0.444. The van der Waals surface area contributed by atoms with E-state index in [2.05, 4.69) is 23.4 Å². The van der Waals surface area contributed by atoms with Crippen LogP contribution >= 0.6 is 11.8 Å². The van der Waals surface area contributed by atoms with Gasteiger partial charge in [-0.2, -0.15) is 16.9 Å². The largest absolute Gasteiger partial charge is 0.331 e. The van der Waals surface area contributed by atoms with E-state index in [-0.39, 0.29) is 12.1 Å². The predicted octanol–water partition coefficient (Wildman–Crippen LogP) is 3.47. The van der Waals surface area contributed by atoms with Crippen LogP contribution < -0.4 is 5.32 Å². The van der Waals surface area contributed by atoms with Gasteiger partial charge in [-0.15, -0.1) is 0 Å². The molecule has 0 unspecified atom stereocenters. The maximum Gasteiger partial charge on any atom is 0.318 e. The van der Waals surface area contributed by atoms with E-state index in [1.54, 1.807) is 6.20 Å². The molecule has 1 aliphatic heterocycles. The van der Waals surface area contributed by atoms with E-state index < -0.39 is 0 Å². The lowest BCUT2D eigenvalue weighted by Gasteiger charge is -2.29. The Kier molecular flexibility index (Phi) is 5.45. The first-order chi connectivity index (χ1) is 11.6. The van der Waals surface area contributed by atoms with E-state index >= 15 is 0 Å². The van der Waals surface area contributed by atoms with Crippen molar-refractivity contribution in [3.05, 3.63) is 48.3 Å². The molecule has 2 amide bonds. The Bertz CT molecular complexity index is 673. The van der Waals surface area contributed by atoms with Gasteiger partial charge >= 0.3 is 6.03 Å². The summed E-state index contributed by atoms with van der Waals surface area (Å²) in [7, 11) is 0. The molecule has 1 aliphatic rings. The van der Waals surface area contributed by atoms with E-state index in [1.807, 2.05) is 58.7 Å². The summed E-state index contributed by atoms with van der Waals surface area (Å²) < 4.78 is 1.83. The van der Waals surface area contributed by atoms with Gasteiger partial charge in [0.1, 0.15) is 0 Å². The predicted molar refractivity (Wildman–Crippen MR) is 98.6 cm³/mol. The van der Waals surface area contributed by atoms with Crippen LogP contribution in [0.25, 0.3) is 5.69 Å². The Hall–Kier alpha value is -1.95. The number of hydrogen-bond acceptors (Lipinski definition) is 3. The van der Waals surface area contributed by atoms with Crippen LogP contribution in [0.15, 0.2) is 42.7 Å². The van der Waals surface area contributed by atoms with Crippen LogP contribution in [0.5, 0.6) is 0 Å². The van der Waals surface area contributed by atoms with Crippen molar-refractivity contribution < 1.29 is 4.79 Å². The number of amides is 2. The van der Waals surface area contributed by atoms with Gasteiger partial charge in [-0.1, -0.05) is 12.1 Å². The summed E-state index contributed by atoms with van der Waals surface area (Å²) in [6.45, 7) is 4.98. The average molecular weight is 344 g/mol. The average Bonchev–Trinajstić information content (AvgIpc) is 3.04. The second-order valence-electron chi connectivity index (χ2n) is 6.16. The van der Waals surface area contributed by atoms with Crippen LogP contribution in [-0.2, 0) is 0 Å². The molecule has 0 spiro atoms. The molecule has 0 aliphatic carbocycles. The molecule has 1 fully saturated rings. The Morgan fingerprint density at radius 2 is 2.25 bits per heavy atom. The topological polar surface area (TPSA) is 50.2 Å². The van der Waals surface area contributed by atoms with Crippen LogP contribution in [0, 0.1) is 0 Å². The van der Waals surface area contributed by atoms with Gasteiger partial charge in [0.15, 0.2) is 0 Å². The number of carbonyl (C=O) groups is 1. The molecular weight excluding hydrogens is 320 g/mol. The summed E-state index contributed by atoms with van der Waals surface area (Å²) in [4.78, 5) is 14.6. The van der Waals surface area contributed by atoms with Gasteiger partial charge in [-0.05, 0) is 49.8 Å². The van der Waals surface area contributed by atoms with Crippen molar-refractivity contribution in [2.75, 3.05) is 18.1 Å². The molecule has 5 nitrogen and oxygen atoms in total. The maximum atomic E-state index is 12.6. The van der Waals surface area contributed by atoms with E-state index in [1.165, 1.54) is 0 Å². The number of benzene rings is 1. The zero-order chi connectivity index (χ0) is 16.9. The normalized spacial score (nSPS) is 19.6. The molecule has 1 aromatic heterocycles. The summed E-state index contributed by atoms with van der Waals surface area (Å²) in [5.74, 6) is 2.15. The first-order valence-electron chi connectivity index (χ1n) is 8.40. The standard InChI is InChI=1S/C18H24N4OS/c1-14-7-11-24-12-10-21(14)18(23)20-15(2)16-5-3-6-17(13-16)22-9-4-8-19-22/h3-6,8-9,13-15H,7,10-12H2,1-2H3,(H,20,23)/t14-,15-/m0/s1. The van der Waals surface area contributed by atoms with Crippen molar-refractivity contribution in [2.24, 2.45) is 0 Å². The number of hydrogen-bond donors (Lipinski definition) is 1. The molecule has 3 rings (SSSR count). The SMILES string of the molecule is C[C@H](NC(=O)N1CCSCC[C@@H]1C)c1cccc(-n2cccn2)c1. The number of thioether (sulfide) groups is 1. The third kappa shape index (κ3) is 3.93. The van der Waals surface area contributed by atoms with Gasteiger partial charge in [-0.3, -0.25) is 0 Å². The molecule has 2 atom stereocenters. The van der Waals surface area contributed by atoms with E-state index in [0.717, 1.165) is 35.7 Å². The number of urea groups is 1. The number of nitrogens with one attached hydrogen (secondary N) is 1. The second-order valence-corrected chi connectivity index (χ2v) is 7.39. The number of nitrogens with zero attached hydrogens (tertiary/aromatic N) is 3. The fourth-order valence-electron chi connectivity index (χ4n) is 2.91. The highest BCUT2D eigenvalue weighted by Crippen LogP contribution is 2.19. The molecule has 0 radical (unpaired) electrons. The van der Waals surface area contributed by atoms with Gasteiger partial charge < -0.3 is 10.2 Å². The van der Waals surface area contributed by atoms with Gasteiger partial charge in [0.25, 0.3) is 0 Å². The van der Waals surface area contributed by atoms with Crippen LogP contribution in [0.1, 0.15) is 31.9 Å². The molecule has 0 saturated carbocycles. The van der Waals surface area contributed by atoms with Gasteiger partial charge in [0.2, 0.25) is 0 Å². The van der Waals surface area contributed by atoms with Crippen molar-refractivity contribution in [3.8, 4) is 5.69 Å². The van der Waals surface area contributed by atoms with Crippen LogP contribution in [0.3, 0.4) is 0 Å². The lowest BCUT2D eigenvalue weighted by Crippen LogP contribution is -2.46. The number of rotatable bonds is 3. The molecule has 0 bridgehead atoms. The van der Waals surface area contributed by atoms with Gasteiger partial charge in [0.05, 0.1) is 11.7 Å². The molecule has 1 N–H and O–H groups in total. The van der Waals surface area contributed by atoms with Crippen LogP contribution in [0.2, 0.25) is 0 Å². The molecule has 128 valence electrons. The summed E-state index contributed by atoms with van der Waals surface area (Å²) >= 11 is 1.92. The number of aromatic nitrogens is 2. The zero-order valence-electron chi connectivity index (χ0n) is 14.2. The van der Waals surface area contributed by atoms with E-state index in [0.29, 0.717) is 6.04 Å². The minimum absolute atomic E-state index is 0.0296. The van der Waals surface area contributed by atoms with Crippen molar-refractivity contribution in [2.45, 2.75) is 32.4 Å². The number of carbonyl (C=O) groups excluding carboxylic acids is 1.